The van der Waals surface area contributed by atoms with Gasteiger partial charge in [-0.3, -0.25) is 14.5 Å². The van der Waals surface area contributed by atoms with Crippen LogP contribution in [0.4, 0.5) is 4.79 Å². The number of amides is 2. The van der Waals surface area contributed by atoms with Gasteiger partial charge in [-0.2, -0.15) is 0 Å². The molecular formula is C26H18Cl3NO5S. The molecule has 0 saturated carbocycles. The van der Waals surface area contributed by atoms with Crippen molar-refractivity contribution in [2.24, 2.45) is 0 Å². The standard InChI is InChI=1S/C26H18Cl3NO5S/c1-14-3-5-16(6-4-14)25(32)35-23-20(29)9-15(10-21(23)34-2)11-22-24(31)30(26(33)36-22)13-17-7-8-18(27)12-19(17)28/h3-12H,13H2,1-2H3/b22-11-. The van der Waals surface area contributed by atoms with Gasteiger partial charge in [0.25, 0.3) is 11.1 Å². The van der Waals surface area contributed by atoms with Crippen LogP contribution in [-0.2, 0) is 11.3 Å². The predicted octanol–water partition coefficient (Wildman–Crippen LogP) is 7.42. The van der Waals surface area contributed by atoms with Gasteiger partial charge in [0.1, 0.15) is 0 Å². The van der Waals surface area contributed by atoms with E-state index in [0.29, 0.717) is 26.7 Å². The molecule has 0 atom stereocenters. The van der Waals surface area contributed by atoms with E-state index in [9.17, 15) is 14.4 Å². The van der Waals surface area contributed by atoms with Gasteiger partial charge in [0.2, 0.25) is 0 Å². The van der Waals surface area contributed by atoms with Crippen LogP contribution < -0.4 is 9.47 Å². The number of hydrogen-bond donors (Lipinski definition) is 0. The Morgan fingerprint density at radius 1 is 1.00 bits per heavy atom. The first-order chi connectivity index (χ1) is 17.2. The zero-order chi connectivity index (χ0) is 26.0. The molecule has 1 fully saturated rings. The third-order valence-corrected chi connectivity index (χ3v) is 7.02. The Morgan fingerprint density at radius 2 is 1.72 bits per heavy atom. The van der Waals surface area contributed by atoms with Crippen molar-refractivity contribution >= 4 is 69.8 Å². The minimum Gasteiger partial charge on any atom is -0.493 e. The molecule has 10 heteroatoms. The highest BCUT2D eigenvalue weighted by atomic mass is 35.5. The molecule has 3 aromatic carbocycles. The Labute approximate surface area is 226 Å². The van der Waals surface area contributed by atoms with E-state index in [2.05, 4.69) is 0 Å². The molecule has 4 rings (SSSR count). The number of aryl methyl sites for hydroxylation is 1. The van der Waals surface area contributed by atoms with E-state index in [0.717, 1.165) is 22.2 Å². The van der Waals surface area contributed by atoms with Crippen LogP contribution in [0.3, 0.4) is 0 Å². The van der Waals surface area contributed by atoms with E-state index in [-0.39, 0.29) is 28.0 Å². The molecule has 0 radical (unpaired) electrons. The fourth-order valence-electron chi connectivity index (χ4n) is 3.37. The van der Waals surface area contributed by atoms with E-state index in [1.165, 1.54) is 19.3 Å². The first-order valence-electron chi connectivity index (χ1n) is 10.5. The maximum Gasteiger partial charge on any atom is 0.343 e. The summed E-state index contributed by atoms with van der Waals surface area (Å²) in [5, 5.41) is 0.488. The molecule has 0 unspecified atom stereocenters. The fraction of sp³-hybridized carbons (Fsp3) is 0.115. The van der Waals surface area contributed by atoms with Crippen LogP contribution in [-0.4, -0.2) is 29.1 Å². The van der Waals surface area contributed by atoms with Crippen molar-refractivity contribution in [2.45, 2.75) is 13.5 Å². The van der Waals surface area contributed by atoms with Crippen LogP contribution in [0.5, 0.6) is 11.5 Å². The number of thioether (sulfide) groups is 1. The second-order valence-corrected chi connectivity index (χ2v) is 10.0. The normalized spacial score (nSPS) is 14.5. The minimum absolute atomic E-state index is 0.00991. The largest absolute Gasteiger partial charge is 0.493 e. The SMILES string of the molecule is COc1cc(/C=C2\SC(=O)N(Cc3ccc(Cl)cc3Cl)C2=O)cc(Cl)c1OC(=O)c1ccc(C)cc1. The number of methoxy groups -OCH3 is 1. The Kier molecular flexibility index (Phi) is 7.95. The van der Waals surface area contributed by atoms with E-state index in [4.69, 9.17) is 44.3 Å². The molecule has 3 aromatic rings. The fourth-order valence-corrected chi connectivity index (χ4v) is 4.94. The lowest BCUT2D eigenvalue weighted by molar-refractivity contribution is -0.123. The Morgan fingerprint density at radius 3 is 2.39 bits per heavy atom. The number of rotatable bonds is 6. The monoisotopic (exact) mass is 561 g/mol. The van der Waals surface area contributed by atoms with Crippen molar-refractivity contribution in [2.75, 3.05) is 7.11 Å². The summed E-state index contributed by atoms with van der Waals surface area (Å²) in [7, 11) is 1.41. The van der Waals surface area contributed by atoms with Gasteiger partial charge in [-0.05, 0) is 72.3 Å². The molecule has 1 aliphatic rings. The lowest BCUT2D eigenvalue weighted by Crippen LogP contribution is -2.27. The Hall–Kier alpha value is -2.97. The van der Waals surface area contributed by atoms with Crippen LogP contribution in [0, 0.1) is 6.92 Å². The minimum atomic E-state index is -0.593. The van der Waals surface area contributed by atoms with Crippen molar-refractivity contribution in [3.63, 3.8) is 0 Å². The topological polar surface area (TPSA) is 72.9 Å². The highest BCUT2D eigenvalue weighted by Gasteiger charge is 2.35. The van der Waals surface area contributed by atoms with Gasteiger partial charge in [-0.15, -0.1) is 0 Å². The molecular weight excluding hydrogens is 545 g/mol. The molecule has 184 valence electrons. The molecule has 6 nitrogen and oxygen atoms in total. The lowest BCUT2D eigenvalue weighted by Gasteiger charge is -2.14. The zero-order valence-corrected chi connectivity index (χ0v) is 22.1. The average molecular weight is 563 g/mol. The second-order valence-electron chi connectivity index (χ2n) is 7.79. The number of ether oxygens (including phenoxy) is 2. The van der Waals surface area contributed by atoms with Crippen molar-refractivity contribution in [3.8, 4) is 11.5 Å². The van der Waals surface area contributed by atoms with Crippen molar-refractivity contribution in [1.82, 2.24) is 4.90 Å². The molecule has 0 bridgehead atoms. The summed E-state index contributed by atoms with van der Waals surface area (Å²) >= 11 is 19.3. The molecule has 0 aliphatic carbocycles. The number of hydrogen-bond acceptors (Lipinski definition) is 6. The summed E-state index contributed by atoms with van der Waals surface area (Å²) in [4.78, 5) is 39.3. The summed E-state index contributed by atoms with van der Waals surface area (Å²) in [6, 6.07) is 14.8. The molecule has 36 heavy (non-hydrogen) atoms. The quantitative estimate of drug-likeness (QED) is 0.177. The molecule has 0 N–H and O–H groups in total. The van der Waals surface area contributed by atoms with E-state index in [1.54, 1.807) is 48.5 Å². The molecule has 2 amide bonds. The van der Waals surface area contributed by atoms with Crippen molar-refractivity contribution in [3.05, 3.63) is 96.8 Å². The van der Waals surface area contributed by atoms with Gasteiger partial charge in [-0.25, -0.2) is 4.79 Å². The van der Waals surface area contributed by atoms with Crippen LogP contribution in [0.2, 0.25) is 15.1 Å². The predicted molar refractivity (Wildman–Crippen MR) is 142 cm³/mol. The molecule has 0 aromatic heterocycles. The van der Waals surface area contributed by atoms with Crippen LogP contribution in [0.15, 0.2) is 59.5 Å². The van der Waals surface area contributed by atoms with Gasteiger partial charge >= 0.3 is 5.97 Å². The highest BCUT2D eigenvalue weighted by Crippen LogP contribution is 2.40. The van der Waals surface area contributed by atoms with Crippen LogP contribution >= 0.6 is 46.6 Å². The molecule has 1 heterocycles. The first kappa shape index (κ1) is 26.1. The van der Waals surface area contributed by atoms with Gasteiger partial charge in [0.15, 0.2) is 11.5 Å². The number of halogens is 3. The van der Waals surface area contributed by atoms with Gasteiger partial charge in [0.05, 0.1) is 29.1 Å². The number of carbonyl (C=O) groups excluding carboxylic acids is 3. The average Bonchev–Trinajstić information content (AvgIpc) is 3.09. The third-order valence-electron chi connectivity index (χ3n) is 5.25. The van der Waals surface area contributed by atoms with Gasteiger partial charge in [-0.1, -0.05) is 58.6 Å². The first-order valence-corrected chi connectivity index (χ1v) is 12.5. The maximum atomic E-state index is 12.9. The van der Waals surface area contributed by atoms with E-state index in [1.807, 2.05) is 6.92 Å². The molecule has 1 saturated heterocycles. The summed E-state index contributed by atoms with van der Waals surface area (Å²) in [5.74, 6) is -0.820. The Balaban J connectivity index is 1.56. The van der Waals surface area contributed by atoms with E-state index < -0.39 is 17.1 Å². The summed E-state index contributed by atoms with van der Waals surface area (Å²) in [6.45, 7) is 1.92. The van der Waals surface area contributed by atoms with Crippen LogP contribution in [0.25, 0.3) is 6.08 Å². The number of carbonyl (C=O) groups is 3. The van der Waals surface area contributed by atoms with Crippen molar-refractivity contribution < 1.29 is 23.9 Å². The Bertz CT molecular complexity index is 1410. The smallest absolute Gasteiger partial charge is 0.343 e. The van der Waals surface area contributed by atoms with Crippen molar-refractivity contribution in [1.29, 1.82) is 0 Å². The third kappa shape index (κ3) is 5.71. The maximum absolute atomic E-state index is 12.9. The second kappa shape index (κ2) is 11.0. The summed E-state index contributed by atoms with van der Waals surface area (Å²) in [6.07, 6.45) is 1.52. The molecule has 1 aliphatic heterocycles. The summed E-state index contributed by atoms with van der Waals surface area (Å²) in [5.41, 5.74) is 2.44. The number of benzene rings is 3. The lowest BCUT2D eigenvalue weighted by atomic mass is 10.1. The number of nitrogens with zero attached hydrogens (tertiary/aromatic N) is 1. The molecule has 0 spiro atoms. The number of esters is 1. The zero-order valence-electron chi connectivity index (χ0n) is 19.0. The van der Waals surface area contributed by atoms with Gasteiger partial charge in [0, 0.05) is 10.0 Å². The highest BCUT2D eigenvalue weighted by molar-refractivity contribution is 8.18. The van der Waals surface area contributed by atoms with E-state index >= 15 is 0 Å². The van der Waals surface area contributed by atoms with Crippen LogP contribution in [0.1, 0.15) is 27.0 Å². The number of imide groups is 1. The summed E-state index contributed by atoms with van der Waals surface area (Å²) < 4.78 is 10.9. The van der Waals surface area contributed by atoms with Gasteiger partial charge < -0.3 is 9.47 Å².